The summed E-state index contributed by atoms with van der Waals surface area (Å²) in [7, 11) is 0. The van der Waals surface area contributed by atoms with E-state index in [9.17, 15) is 4.79 Å². The standard InChI is InChI=1S/C18H26N4O2/c1-14-16(20-8-7-19-14)21-10-6-18(13-21)5-2-9-22(17(18)23)15-3-11-24-12-4-15/h7-8,15H,2-6,9-13H2,1H3/t18-/m1/s1. The predicted octanol–water partition coefficient (Wildman–Crippen LogP) is 1.78. The molecule has 0 N–H and O–H groups in total. The highest BCUT2D eigenvalue weighted by Crippen LogP contribution is 2.42. The minimum absolute atomic E-state index is 0.222. The van der Waals surface area contributed by atoms with E-state index in [4.69, 9.17) is 4.74 Å². The third-order valence-electron chi connectivity index (χ3n) is 5.91. The Kier molecular flexibility index (Phi) is 4.16. The molecule has 1 amide bonds. The summed E-state index contributed by atoms with van der Waals surface area (Å²) >= 11 is 0. The predicted molar refractivity (Wildman–Crippen MR) is 90.8 cm³/mol. The van der Waals surface area contributed by atoms with Gasteiger partial charge in [-0.15, -0.1) is 0 Å². The summed E-state index contributed by atoms with van der Waals surface area (Å²) in [5.74, 6) is 1.30. The molecular formula is C18H26N4O2. The van der Waals surface area contributed by atoms with Crippen LogP contribution in [-0.4, -0.2) is 59.7 Å². The average Bonchev–Trinajstić information content (AvgIpc) is 3.04. The van der Waals surface area contributed by atoms with Gasteiger partial charge in [-0.1, -0.05) is 0 Å². The number of aryl methyl sites for hydroxylation is 1. The van der Waals surface area contributed by atoms with Gasteiger partial charge in [-0.3, -0.25) is 9.78 Å². The Balaban J connectivity index is 1.52. The Morgan fingerprint density at radius 1 is 1.17 bits per heavy atom. The number of hydrogen-bond donors (Lipinski definition) is 0. The number of piperidine rings is 1. The van der Waals surface area contributed by atoms with E-state index in [1.165, 1.54) is 0 Å². The average molecular weight is 330 g/mol. The van der Waals surface area contributed by atoms with E-state index in [1.54, 1.807) is 12.4 Å². The molecule has 3 aliphatic heterocycles. The van der Waals surface area contributed by atoms with Gasteiger partial charge in [0.15, 0.2) is 0 Å². The zero-order valence-electron chi connectivity index (χ0n) is 14.4. The van der Waals surface area contributed by atoms with E-state index in [-0.39, 0.29) is 5.41 Å². The molecule has 6 heteroatoms. The molecule has 3 fully saturated rings. The van der Waals surface area contributed by atoms with E-state index < -0.39 is 0 Å². The summed E-state index contributed by atoms with van der Waals surface area (Å²) in [5.41, 5.74) is 0.722. The largest absolute Gasteiger partial charge is 0.381 e. The van der Waals surface area contributed by atoms with Crippen LogP contribution in [0.2, 0.25) is 0 Å². The second-order valence-electron chi connectivity index (χ2n) is 7.36. The quantitative estimate of drug-likeness (QED) is 0.827. The van der Waals surface area contributed by atoms with Crippen LogP contribution in [0.1, 0.15) is 37.8 Å². The number of hydrogen-bond acceptors (Lipinski definition) is 5. The van der Waals surface area contributed by atoms with Crippen LogP contribution in [0.3, 0.4) is 0 Å². The number of aromatic nitrogens is 2. The Morgan fingerprint density at radius 3 is 2.75 bits per heavy atom. The van der Waals surface area contributed by atoms with E-state index in [2.05, 4.69) is 19.8 Å². The van der Waals surface area contributed by atoms with Crippen molar-refractivity contribution in [3.05, 3.63) is 18.1 Å². The third-order valence-corrected chi connectivity index (χ3v) is 5.91. The van der Waals surface area contributed by atoms with Crippen molar-refractivity contribution in [2.24, 2.45) is 5.41 Å². The summed E-state index contributed by atoms with van der Waals surface area (Å²) in [6, 6.07) is 0.371. The van der Waals surface area contributed by atoms with Gasteiger partial charge in [0.2, 0.25) is 5.91 Å². The van der Waals surface area contributed by atoms with Crippen LogP contribution < -0.4 is 4.90 Å². The van der Waals surface area contributed by atoms with Gasteiger partial charge < -0.3 is 14.5 Å². The Morgan fingerprint density at radius 2 is 1.96 bits per heavy atom. The van der Waals surface area contributed by atoms with Crippen LogP contribution in [0.15, 0.2) is 12.4 Å². The lowest BCUT2D eigenvalue weighted by molar-refractivity contribution is -0.149. The SMILES string of the molecule is Cc1nccnc1N1CC[C@]2(CCCN(C3CCOCC3)C2=O)C1. The van der Waals surface area contributed by atoms with Crippen molar-refractivity contribution < 1.29 is 9.53 Å². The number of nitrogens with zero attached hydrogens (tertiary/aromatic N) is 4. The number of carbonyl (C=O) groups is 1. The lowest BCUT2D eigenvalue weighted by Gasteiger charge is -2.44. The fraction of sp³-hybridized carbons (Fsp3) is 0.722. The van der Waals surface area contributed by atoms with Crippen LogP contribution in [-0.2, 0) is 9.53 Å². The first-order valence-electron chi connectivity index (χ1n) is 9.11. The summed E-state index contributed by atoms with van der Waals surface area (Å²) in [6.07, 6.45) is 8.47. The number of rotatable bonds is 2. The number of likely N-dealkylation sites (tertiary alicyclic amines) is 1. The van der Waals surface area contributed by atoms with E-state index in [1.807, 2.05) is 6.92 Å². The maximum atomic E-state index is 13.3. The van der Waals surface area contributed by atoms with Gasteiger partial charge in [0, 0.05) is 51.3 Å². The van der Waals surface area contributed by atoms with Gasteiger partial charge >= 0.3 is 0 Å². The summed E-state index contributed by atoms with van der Waals surface area (Å²) in [5, 5.41) is 0. The molecule has 4 rings (SSSR count). The molecule has 0 bridgehead atoms. The number of carbonyl (C=O) groups excluding carboxylic acids is 1. The molecule has 0 unspecified atom stereocenters. The minimum Gasteiger partial charge on any atom is -0.381 e. The number of amides is 1. The Bertz CT molecular complexity index is 617. The van der Waals surface area contributed by atoms with Crippen LogP contribution in [0.5, 0.6) is 0 Å². The van der Waals surface area contributed by atoms with Crippen LogP contribution in [0.25, 0.3) is 0 Å². The van der Waals surface area contributed by atoms with Crippen LogP contribution >= 0.6 is 0 Å². The molecular weight excluding hydrogens is 304 g/mol. The molecule has 0 aliphatic carbocycles. The van der Waals surface area contributed by atoms with Crippen molar-refractivity contribution in [2.75, 3.05) is 37.7 Å². The molecule has 0 radical (unpaired) electrons. The van der Waals surface area contributed by atoms with Gasteiger partial charge in [0.05, 0.1) is 11.1 Å². The highest BCUT2D eigenvalue weighted by atomic mass is 16.5. The van der Waals surface area contributed by atoms with Crippen LogP contribution in [0.4, 0.5) is 5.82 Å². The second kappa shape index (κ2) is 6.31. The molecule has 0 saturated carbocycles. The van der Waals surface area contributed by atoms with E-state index in [0.29, 0.717) is 11.9 Å². The highest BCUT2D eigenvalue weighted by Gasteiger charge is 2.50. The Labute approximate surface area is 143 Å². The molecule has 1 atom stereocenters. The normalized spacial score (nSPS) is 28.8. The molecule has 3 aliphatic rings. The molecule has 130 valence electrons. The fourth-order valence-electron chi connectivity index (χ4n) is 4.59. The maximum Gasteiger partial charge on any atom is 0.230 e. The molecule has 0 aromatic carbocycles. The molecule has 3 saturated heterocycles. The monoisotopic (exact) mass is 330 g/mol. The maximum absolute atomic E-state index is 13.3. The van der Waals surface area contributed by atoms with E-state index >= 15 is 0 Å². The van der Waals surface area contributed by atoms with Crippen LogP contribution in [0, 0.1) is 12.3 Å². The van der Waals surface area contributed by atoms with Crippen molar-refractivity contribution in [3.63, 3.8) is 0 Å². The molecule has 4 heterocycles. The zero-order valence-corrected chi connectivity index (χ0v) is 14.4. The van der Waals surface area contributed by atoms with Gasteiger partial charge in [-0.25, -0.2) is 4.98 Å². The summed E-state index contributed by atoms with van der Waals surface area (Å²) < 4.78 is 5.47. The smallest absolute Gasteiger partial charge is 0.230 e. The number of ether oxygens (including phenoxy) is 1. The highest BCUT2D eigenvalue weighted by molar-refractivity contribution is 5.85. The topological polar surface area (TPSA) is 58.6 Å². The first-order valence-corrected chi connectivity index (χ1v) is 9.11. The molecule has 6 nitrogen and oxygen atoms in total. The van der Waals surface area contributed by atoms with Gasteiger partial charge in [-0.2, -0.15) is 0 Å². The fourth-order valence-corrected chi connectivity index (χ4v) is 4.59. The third kappa shape index (κ3) is 2.66. The molecule has 1 spiro atoms. The van der Waals surface area contributed by atoms with Gasteiger partial charge in [0.25, 0.3) is 0 Å². The summed E-state index contributed by atoms with van der Waals surface area (Å²) in [6.45, 7) is 6.15. The number of anilines is 1. The van der Waals surface area contributed by atoms with Crippen molar-refractivity contribution in [1.82, 2.24) is 14.9 Å². The first kappa shape index (κ1) is 15.8. The first-order chi connectivity index (χ1) is 11.7. The van der Waals surface area contributed by atoms with Crippen molar-refractivity contribution in [1.29, 1.82) is 0 Å². The molecule has 24 heavy (non-hydrogen) atoms. The molecule has 1 aromatic heterocycles. The lowest BCUT2D eigenvalue weighted by Crippen LogP contribution is -2.54. The van der Waals surface area contributed by atoms with Gasteiger partial charge in [0.1, 0.15) is 5.82 Å². The zero-order chi connectivity index (χ0) is 16.6. The van der Waals surface area contributed by atoms with Crippen molar-refractivity contribution >= 4 is 11.7 Å². The minimum atomic E-state index is -0.222. The molecule has 1 aromatic rings. The summed E-state index contributed by atoms with van der Waals surface area (Å²) in [4.78, 5) is 26.6. The lowest BCUT2D eigenvalue weighted by atomic mass is 9.77. The van der Waals surface area contributed by atoms with Crippen molar-refractivity contribution in [2.45, 2.75) is 45.1 Å². The Hall–Kier alpha value is -1.69. The van der Waals surface area contributed by atoms with E-state index in [0.717, 1.165) is 76.5 Å². The van der Waals surface area contributed by atoms with Crippen molar-refractivity contribution in [3.8, 4) is 0 Å². The second-order valence-corrected chi connectivity index (χ2v) is 7.36. The van der Waals surface area contributed by atoms with Gasteiger partial charge in [-0.05, 0) is 39.0 Å².